The van der Waals surface area contributed by atoms with E-state index in [1.165, 1.54) is 0 Å². The van der Waals surface area contributed by atoms with E-state index in [1.54, 1.807) is 17.4 Å². The molecule has 0 aliphatic heterocycles. The van der Waals surface area contributed by atoms with Gasteiger partial charge < -0.3 is 5.73 Å². The quantitative estimate of drug-likeness (QED) is 0.815. The van der Waals surface area contributed by atoms with Crippen LogP contribution in [0, 0.1) is 0 Å². The van der Waals surface area contributed by atoms with Gasteiger partial charge in [-0.2, -0.15) is 0 Å². The largest absolute Gasteiger partial charge is 0.399 e. The summed E-state index contributed by atoms with van der Waals surface area (Å²) in [6, 6.07) is 5.51. The van der Waals surface area contributed by atoms with Crippen LogP contribution in [-0.4, -0.2) is 4.98 Å². The molecule has 1 aromatic heterocycles. The molecule has 2 nitrogen and oxygen atoms in total. The predicted octanol–water partition coefficient (Wildman–Crippen LogP) is 4.17. The highest BCUT2D eigenvalue weighted by Crippen LogP contribution is 2.31. The predicted molar refractivity (Wildman–Crippen MR) is 71.1 cm³/mol. The van der Waals surface area contributed by atoms with Crippen LogP contribution in [0.4, 0.5) is 5.69 Å². The van der Waals surface area contributed by atoms with Crippen molar-refractivity contribution in [1.82, 2.24) is 4.98 Å². The number of nitrogen functional groups attached to an aromatic ring is 1. The molecule has 0 aliphatic rings. The maximum atomic E-state index is 6.14. The first-order chi connectivity index (χ1) is 7.58. The van der Waals surface area contributed by atoms with Crippen LogP contribution < -0.4 is 5.73 Å². The van der Waals surface area contributed by atoms with Gasteiger partial charge in [-0.05, 0) is 18.2 Å². The summed E-state index contributed by atoms with van der Waals surface area (Å²) in [6.07, 6.45) is 0. The van der Waals surface area contributed by atoms with E-state index in [1.807, 2.05) is 17.5 Å². The highest BCUT2D eigenvalue weighted by molar-refractivity contribution is 7.10. The first-order valence-corrected chi connectivity index (χ1v) is 6.34. The normalized spacial score (nSPS) is 11.0. The van der Waals surface area contributed by atoms with Crippen molar-refractivity contribution in [3.05, 3.63) is 33.6 Å². The van der Waals surface area contributed by atoms with Crippen molar-refractivity contribution in [3.8, 4) is 11.3 Å². The van der Waals surface area contributed by atoms with Gasteiger partial charge in [0.2, 0.25) is 0 Å². The van der Waals surface area contributed by atoms with Crippen molar-refractivity contribution in [2.45, 2.75) is 19.8 Å². The number of thiazole rings is 1. The molecule has 2 aromatic rings. The summed E-state index contributed by atoms with van der Waals surface area (Å²) in [7, 11) is 0. The smallest absolute Gasteiger partial charge is 0.0958 e. The molecule has 2 rings (SSSR count). The zero-order valence-corrected chi connectivity index (χ0v) is 10.8. The van der Waals surface area contributed by atoms with E-state index >= 15 is 0 Å². The van der Waals surface area contributed by atoms with Gasteiger partial charge in [-0.1, -0.05) is 25.4 Å². The van der Waals surface area contributed by atoms with Crippen LogP contribution in [0.3, 0.4) is 0 Å². The standard InChI is InChI=1S/C12H13ClN2S/c1-7(2)12-15-11(6-16-12)9-4-3-8(14)5-10(9)13/h3-7H,14H2,1-2H3. The van der Waals surface area contributed by atoms with Gasteiger partial charge in [-0.25, -0.2) is 4.98 Å². The Morgan fingerprint density at radius 3 is 2.69 bits per heavy atom. The van der Waals surface area contributed by atoms with Gasteiger partial charge in [-0.15, -0.1) is 11.3 Å². The van der Waals surface area contributed by atoms with Crippen LogP contribution in [0.25, 0.3) is 11.3 Å². The molecule has 0 bridgehead atoms. The van der Waals surface area contributed by atoms with E-state index in [0.29, 0.717) is 16.6 Å². The first kappa shape index (κ1) is 11.4. The average Bonchev–Trinajstić information content (AvgIpc) is 2.66. The minimum absolute atomic E-state index is 0.450. The maximum Gasteiger partial charge on any atom is 0.0958 e. The molecule has 2 N–H and O–H groups in total. The van der Waals surface area contributed by atoms with Crippen molar-refractivity contribution < 1.29 is 0 Å². The monoisotopic (exact) mass is 252 g/mol. The highest BCUT2D eigenvalue weighted by atomic mass is 35.5. The molecule has 4 heteroatoms. The SMILES string of the molecule is CC(C)c1nc(-c2ccc(N)cc2Cl)cs1. The lowest BCUT2D eigenvalue weighted by atomic mass is 10.1. The number of nitrogens with zero attached hydrogens (tertiary/aromatic N) is 1. The van der Waals surface area contributed by atoms with Gasteiger partial charge >= 0.3 is 0 Å². The summed E-state index contributed by atoms with van der Waals surface area (Å²) in [5, 5.41) is 3.82. The summed E-state index contributed by atoms with van der Waals surface area (Å²) >= 11 is 7.80. The third-order valence-electron chi connectivity index (χ3n) is 2.28. The number of benzene rings is 1. The minimum atomic E-state index is 0.450. The van der Waals surface area contributed by atoms with E-state index in [-0.39, 0.29) is 0 Å². The average molecular weight is 253 g/mol. The number of halogens is 1. The molecule has 16 heavy (non-hydrogen) atoms. The molecule has 0 saturated carbocycles. The maximum absolute atomic E-state index is 6.14. The van der Waals surface area contributed by atoms with Crippen LogP contribution in [0.1, 0.15) is 24.8 Å². The molecule has 0 unspecified atom stereocenters. The summed E-state index contributed by atoms with van der Waals surface area (Å²) < 4.78 is 0. The van der Waals surface area contributed by atoms with Crippen molar-refractivity contribution in [2.24, 2.45) is 0 Å². The Balaban J connectivity index is 2.42. The molecular formula is C12H13ClN2S. The van der Waals surface area contributed by atoms with Gasteiger partial charge in [0.25, 0.3) is 0 Å². The van der Waals surface area contributed by atoms with Gasteiger partial charge in [0.05, 0.1) is 15.7 Å². The molecule has 1 aromatic carbocycles. The van der Waals surface area contributed by atoms with Gasteiger partial charge in [0, 0.05) is 22.5 Å². The molecule has 84 valence electrons. The fourth-order valence-corrected chi connectivity index (χ4v) is 2.54. The molecule has 1 heterocycles. The number of nitrogens with two attached hydrogens (primary N) is 1. The first-order valence-electron chi connectivity index (χ1n) is 5.08. The van der Waals surface area contributed by atoms with Crippen LogP contribution >= 0.6 is 22.9 Å². The van der Waals surface area contributed by atoms with E-state index in [2.05, 4.69) is 18.8 Å². The molecule has 0 aliphatic carbocycles. The van der Waals surface area contributed by atoms with Crippen LogP contribution in [-0.2, 0) is 0 Å². The van der Waals surface area contributed by atoms with Crippen molar-refractivity contribution in [1.29, 1.82) is 0 Å². The Morgan fingerprint density at radius 2 is 2.12 bits per heavy atom. The Bertz CT molecular complexity index is 505. The molecule has 0 amide bonds. The lowest BCUT2D eigenvalue weighted by Gasteiger charge is -2.02. The van der Waals surface area contributed by atoms with Crippen LogP contribution in [0.15, 0.2) is 23.6 Å². The fraction of sp³-hybridized carbons (Fsp3) is 0.250. The lowest BCUT2D eigenvalue weighted by Crippen LogP contribution is -1.88. The number of hydrogen-bond acceptors (Lipinski definition) is 3. The van der Waals surface area contributed by atoms with E-state index in [0.717, 1.165) is 16.3 Å². The third-order valence-corrected chi connectivity index (χ3v) is 3.74. The zero-order chi connectivity index (χ0) is 11.7. The molecule has 0 radical (unpaired) electrons. The zero-order valence-electron chi connectivity index (χ0n) is 9.20. The Morgan fingerprint density at radius 1 is 1.38 bits per heavy atom. The van der Waals surface area contributed by atoms with Gasteiger partial charge in [0.1, 0.15) is 0 Å². The molecule has 0 fully saturated rings. The van der Waals surface area contributed by atoms with Crippen LogP contribution in [0.5, 0.6) is 0 Å². The Labute approximate surface area is 104 Å². The number of hydrogen-bond donors (Lipinski definition) is 1. The van der Waals surface area contributed by atoms with Crippen molar-refractivity contribution in [2.75, 3.05) is 5.73 Å². The van der Waals surface area contributed by atoms with Crippen LogP contribution in [0.2, 0.25) is 5.02 Å². The van der Waals surface area contributed by atoms with Gasteiger partial charge in [-0.3, -0.25) is 0 Å². The molecule has 0 atom stereocenters. The van der Waals surface area contributed by atoms with E-state index in [4.69, 9.17) is 17.3 Å². The molecular weight excluding hydrogens is 240 g/mol. The molecule has 0 saturated heterocycles. The van der Waals surface area contributed by atoms with Gasteiger partial charge in [0.15, 0.2) is 0 Å². The highest BCUT2D eigenvalue weighted by Gasteiger charge is 2.10. The lowest BCUT2D eigenvalue weighted by molar-refractivity contribution is 0.853. The Kier molecular flexibility index (Phi) is 3.17. The summed E-state index contributed by atoms with van der Waals surface area (Å²) in [4.78, 5) is 4.56. The number of rotatable bonds is 2. The van der Waals surface area contributed by atoms with E-state index in [9.17, 15) is 0 Å². The number of aromatic nitrogens is 1. The minimum Gasteiger partial charge on any atom is -0.399 e. The summed E-state index contributed by atoms with van der Waals surface area (Å²) in [5.74, 6) is 0.450. The topological polar surface area (TPSA) is 38.9 Å². The summed E-state index contributed by atoms with van der Waals surface area (Å²) in [6.45, 7) is 4.26. The summed E-state index contributed by atoms with van der Waals surface area (Å²) in [5.41, 5.74) is 8.20. The Hall–Kier alpha value is -1.06. The van der Waals surface area contributed by atoms with E-state index < -0.39 is 0 Å². The second kappa shape index (κ2) is 4.44. The second-order valence-electron chi connectivity index (χ2n) is 3.96. The fourth-order valence-electron chi connectivity index (χ4n) is 1.42. The second-order valence-corrected chi connectivity index (χ2v) is 5.26. The third kappa shape index (κ3) is 2.20. The molecule has 0 spiro atoms. The number of anilines is 1. The van der Waals surface area contributed by atoms with Crippen molar-refractivity contribution >= 4 is 28.6 Å². The van der Waals surface area contributed by atoms with Crippen molar-refractivity contribution in [3.63, 3.8) is 0 Å².